The number of amides is 1. The Labute approximate surface area is 442 Å². The Morgan fingerprint density at radius 3 is 1.31 bits per heavy atom. The van der Waals surface area contributed by atoms with Crippen LogP contribution in [0.3, 0.4) is 0 Å². The number of carbonyl (C=O) groups is 1. The van der Waals surface area contributed by atoms with Gasteiger partial charge in [0.15, 0.2) is 18.9 Å². The lowest BCUT2D eigenvalue weighted by molar-refractivity contribution is -0.379. The second-order valence-corrected chi connectivity index (χ2v) is 21.1. The predicted octanol–water partition coefficient (Wildman–Crippen LogP) is 4.21. The van der Waals surface area contributed by atoms with Crippen LogP contribution in [-0.2, 0) is 33.2 Å². The van der Waals surface area contributed by atoms with E-state index in [-0.39, 0.29) is 18.9 Å². The van der Waals surface area contributed by atoms with Gasteiger partial charge in [-0.3, -0.25) is 4.79 Å². The van der Waals surface area contributed by atoms with Crippen molar-refractivity contribution in [3.05, 3.63) is 12.2 Å². The molecule has 0 saturated carbocycles. The van der Waals surface area contributed by atoms with Crippen LogP contribution in [0.5, 0.6) is 0 Å². The van der Waals surface area contributed by atoms with E-state index >= 15 is 0 Å². The van der Waals surface area contributed by atoms with Crippen molar-refractivity contribution in [1.82, 2.24) is 5.32 Å². The van der Waals surface area contributed by atoms with Crippen LogP contribution in [0.1, 0.15) is 200 Å². The summed E-state index contributed by atoms with van der Waals surface area (Å²) in [7, 11) is 0. The van der Waals surface area contributed by atoms with Gasteiger partial charge in [0.2, 0.25) is 5.91 Å². The minimum Gasteiger partial charge on any atom is -0.394 e. The van der Waals surface area contributed by atoms with Crippen LogP contribution in [0.4, 0.5) is 0 Å². The third-order valence-electron chi connectivity index (χ3n) is 14.8. The van der Waals surface area contributed by atoms with Gasteiger partial charge >= 0.3 is 0 Å². The maximum atomic E-state index is 13.3. The van der Waals surface area contributed by atoms with Crippen LogP contribution in [0.15, 0.2) is 12.2 Å². The Balaban J connectivity index is 1.52. The third-order valence-corrected chi connectivity index (χ3v) is 14.8. The first kappa shape index (κ1) is 66.8. The molecule has 17 unspecified atom stereocenters. The molecule has 3 aliphatic heterocycles. The van der Waals surface area contributed by atoms with E-state index in [1.54, 1.807) is 0 Å². The van der Waals surface area contributed by atoms with E-state index in [0.717, 1.165) is 64.2 Å². The van der Waals surface area contributed by atoms with Crippen molar-refractivity contribution < 1.29 is 89.4 Å². The lowest BCUT2D eigenvalue weighted by Crippen LogP contribution is -2.66. The number of allylic oxidation sites excluding steroid dienone is 2. The number of ether oxygens (including phenoxy) is 6. The highest BCUT2D eigenvalue weighted by atomic mass is 16.8. The highest BCUT2D eigenvalue weighted by Crippen LogP contribution is 2.33. The maximum absolute atomic E-state index is 13.3. The summed E-state index contributed by atoms with van der Waals surface area (Å²) in [5, 5.41) is 120. The summed E-state index contributed by atoms with van der Waals surface area (Å²) in [4.78, 5) is 13.3. The number of aliphatic hydroxyl groups is 11. The Morgan fingerprint density at radius 1 is 0.473 bits per heavy atom. The topological polar surface area (TPSA) is 307 Å². The van der Waals surface area contributed by atoms with E-state index in [0.29, 0.717) is 12.8 Å². The highest BCUT2D eigenvalue weighted by molar-refractivity contribution is 5.76. The Morgan fingerprint density at radius 2 is 0.851 bits per heavy atom. The van der Waals surface area contributed by atoms with Gasteiger partial charge in [-0.1, -0.05) is 167 Å². The Kier molecular flexibility index (Phi) is 35.9. The number of hydrogen-bond acceptors (Lipinski definition) is 18. The molecule has 74 heavy (non-hydrogen) atoms. The first-order valence-corrected chi connectivity index (χ1v) is 28.9. The third kappa shape index (κ3) is 24.3. The fraction of sp³-hybridized carbons (Fsp3) is 0.945. The van der Waals surface area contributed by atoms with Crippen molar-refractivity contribution in [1.29, 1.82) is 0 Å². The van der Waals surface area contributed by atoms with Crippen LogP contribution in [0.2, 0.25) is 0 Å². The highest BCUT2D eigenvalue weighted by Gasteiger charge is 2.53. The van der Waals surface area contributed by atoms with Gasteiger partial charge in [0.1, 0.15) is 73.2 Å². The summed E-state index contributed by atoms with van der Waals surface area (Å²) in [6, 6.07) is -0.886. The average molecular weight is 1070 g/mol. The normalized spacial score (nSPS) is 31.5. The summed E-state index contributed by atoms with van der Waals surface area (Å²) >= 11 is 0. The van der Waals surface area contributed by atoms with Gasteiger partial charge in [0.05, 0.1) is 38.6 Å². The zero-order valence-corrected chi connectivity index (χ0v) is 45.1. The molecule has 0 spiro atoms. The molecule has 436 valence electrons. The molecule has 19 heteroatoms. The molecule has 3 rings (SSSR count). The SMILES string of the molecule is CCCCCCCC/C=C\CCCCCCCC(=O)NC(COC1OC(CO)C(OC2OC(CO)C(OC3OC(CO)C(O)C(O)C3O)C(O)C2O)C(O)C1O)C(O)CCCCCCCCCCCCCCCC. The minimum atomic E-state index is -1.97. The van der Waals surface area contributed by atoms with Crippen LogP contribution in [0.25, 0.3) is 0 Å². The van der Waals surface area contributed by atoms with E-state index in [2.05, 4.69) is 31.3 Å². The summed E-state index contributed by atoms with van der Waals surface area (Å²) < 4.78 is 34.2. The molecule has 0 bridgehead atoms. The Hall–Kier alpha value is -1.47. The lowest BCUT2D eigenvalue weighted by Gasteiger charge is -2.48. The number of carbonyl (C=O) groups excluding carboxylic acids is 1. The largest absolute Gasteiger partial charge is 0.394 e. The number of unbranched alkanes of at least 4 members (excludes halogenated alkanes) is 24. The second kappa shape index (κ2) is 39.8. The van der Waals surface area contributed by atoms with Gasteiger partial charge in [-0.15, -0.1) is 0 Å². The number of hydrogen-bond donors (Lipinski definition) is 12. The molecule has 17 atom stereocenters. The predicted molar refractivity (Wildman–Crippen MR) is 277 cm³/mol. The van der Waals surface area contributed by atoms with E-state index in [4.69, 9.17) is 28.4 Å². The lowest BCUT2D eigenvalue weighted by atomic mass is 9.96. The fourth-order valence-electron chi connectivity index (χ4n) is 10.0. The quantitative estimate of drug-likeness (QED) is 0.0301. The van der Waals surface area contributed by atoms with Crippen molar-refractivity contribution >= 4 is 5.91 Å². The van der Waals surface area contributed by atoms with Crippen molar-refractivity contribution in [2.75, 3.05) is 26.4 Å². The van der Waals surface area contributed by atoms with Crippen LogP contribution >= 0.6 is 0 Å². The van der Waals surface area contributed by atoms with Gasteiger partial charge in [0, 0.05) is 6.42 Å². The summed E-state index contributed by atoms with van der Waals surface area (Å²) in [6.07, 6.45) is 10.1. The summed E-state index contributed by atoms with van der Waals surface area (Å²) in [5.41, 5.74) is 0. The van der Waals surface area contributed by atoms with Crippen LogP contribution in [0, 0.1) is 0 Å². The fourth-order valence-corrected chi connectivity index (χ4v) is 10.0. The zero-order valence-electron chi connectivity index (χ0n) is 45.1. The van der Waals surface area contributed by atoms with Gasteiger partial charge in [-0.05, 0) is 38.5 Å². The molecule has 0 radical (unpaired) electrons. The van der Waals surface area contributed by atoms with Crippen molar-refractivity contribution in [3.8, 4) is 0 Å². The molecule has 3 saturated heterocycles. The second-order valence-electron chi connectivity index (χ2n) is 21.1. The van der Waals surface area contributed by atoms with Crippen molar-refractivity contribution in [2.24, 2.45) is 0 Å². The minimum absolute atomic E-state index is 0.252. The molecule has 0 aromatic heterocycles. The average Bonchev–Trinajstić information content (AvgIpc) is 3.40. The molecular formula is C55H103NO18. The smallest absolute Gasteiger partial charge is 0.220 e. The molecule has 12 N–H and O–H groups in total. The molecular weight excluding hydrogens is 963 g/mol. The van der Waals surface area contributed by atoms with Gasteiger partial charge < -0.3 is 89.9 Å². The number of rotatable bonds is 42. The van der Waals surface area contributed by atoms with E-state index in [1.807, 2.05) is 0 Å². The molecule has 1 amide bonds. The summed E-state index contributed by atoms with van der Waals surface area (Å²) in [5.74, 6) is -0.252. The first-order valence-electron chi connectivity index (χ1n) is 28.9. The number of aliphatic hydroxyl groups excluding tert-OH is 11. The van der Waals surface area contributed by atoms with E-state index < -0.39 is 124 Å². The summed E-state index contributed by atoms with van der Waals surface area (Å²) in [6.45, 7) is 1.77. The molecule has 19 nitrogen and oxygen atoms in total. The van der Waals surface area contributed by atoms with E-state index in [1.165, 1.54) is 103 Å². The first-order chi connectivity index (χ1) is 35.8. The molecule has 0 aliphatic carbocycles. The van der Waals surface area contributed by atoms with E-state index in [9.17, 15) is 61.0 Å². The zero-order chi connectivity index (χ0) is 54.1. The molecule has 0 aromatic carbocycles. The van der Waals surface area contributed by atoms with Crippen molar-refractivity contribution in [2.45, 2.75) is 304 Å². The van der Waals surface area contributed by atoms with Crippen LogP contribution in [-0.4, -0.2) is 193 Å². The Bertz CT molecular complexity index is 1410. The van der Waals surface area contributed by atoms with Gasteiger partial charge in [-0.2, -0.15) is 0 Å². The van der Waals surface area contributed by atoms with Crippen LogP contribution < -0.4 is 5.32 Å². The van der Waals surface area contributed by atoms with Crippen molar-refractivity contribution in [3.63, 3.8) is 0 Å². The molecule has 3 heterocycles. The monoisotopic (exact) mass is 1070 g/mol. The molecule has 3 fully saturated rings. The number of nitrogens with one attached hydrogen (secondary N) is 1. The van der Waals surface area contributed by atoms with Gasteiger partial charge in [0.25, 0.3) is 0 Å². The van der Waals surface area contributed by atoms with Gasteiger partial charge in [-0.25, -0.2) is 0 Å². The molecule has 0 aromatic rings. The standard InChI is InChI=1S/C55H103NO18/c1-3-5-7-9-11-13-15-17-19-21-23-25-27-29-31-33-43(61)56-38(39(60)32-30-28-26-24-22-20-18-16-14-12-10-8-6-4-2)37-69-53-49(67)46(64)51(41(35-58)71-53)74-55-50(68)47(65)52(42(36-59)72-55)73-54-48(66)45(63)44(62)40(34-57)70-54/h17,19,38-42,44-55,57-60,62-68H,3-16,18,20-37H2,1-2H3,(H,56,61)/b19-17-. The molecule has 3 aliphatic rings. The maximum Gasteiger partial charge on any atom is 0.220 e.